The summed E-state index contributed by atoms with van der Waals surface area (Å²) >= 11 is 0. The first-order valence-electron chi connectivity index (χ1n) is 7.66. The summed E-state index contributed by atoms with van der Waals surface area (Å²) in [5.74, 6) is 0.674. The molecule has 1 aromatic rings. The summed E-state index contributed by atoms with van der Waals surface area (Å²) in [6, 6.07) is -0.295. The van der Waals surface area contributed by atoms with Gasteiger partial charge in [0, 0.05) is 12.6 Å². The first-order chi connectivity index (χ1) is 10.2. The van der Waals surface area contributed by atoms with Crippen LogP contribution in [0.15, 0.2) is 6.33 Å². The van der Waals surface area contributed by atoms with E-state index in [9.17, 15) is 9.59 Å². The van der Waals surface area contributed by atoms with Gasteiger partial charge in [-0.15, -0.1) is 10.2 Å². The smallest absolute Gasteiger partial charge is 0.247 e. The molecule has 2 amide bonds. The third-order valence-electron chi connectivity index (χ3n) is 4.42. The highest BCUT2D eigenvalue weighted by Gasteiger charge is 2.42. The van der Waals surface area contributed by atoms with Gasteiger partial charge < -0.3 is 4.57 Å². The fraction of sp³-hybridized carbons (Fsp3) is 0.714. The molecule has 0 aromatic carbocycles. The molecule has 7 heteroatoms. The fourth-order valence-corrected chi connectivity index (χ4v) is 3.25. The number of nitrogens with zero attached hydrogens (tertiary/aromatic N) is 4. The van der Waals surface area contributed by atoms with Crippen LogP contribution in [0.4, 0.5) is 0 Å². The SMILES string of the molecule is CCn1cnnc1CNC1CC(=O)N(C2CCCC2)C1=O. The second-order valence-electron chi connectivity index (χ2n) is 5.71. The van der Waals surface area contributed by atoms with Crippen molar-refractivity contribution in [2.24, 2.45) is 0 Å². The third kappa shape index (κ3) is 2.70. The Bertz CT molecular complexity index is 535. The fourth-order valence-electron chi connectivity index (χ4n) is 3.25. The standard InChI is InChI=1S/C14H21N5O2/c1-2-18-9-16-17-12(18)8-15-11-7-13(20)19(14(11)21)10-5-3-4-6-10/h9-11,15H,2-8H2,1H3. The van der Waals surface area contributed by atoms with E-state index < -0.39 is 6.04 Å². The van der Waals surface area contributed by atoms with Crippen LogP contribution in [0, 0.1) is 0 Å². The molecule has 1 saturated heterocycles. The summed E-state index contributed by atoms with van der Waals surface area (Å²) in [5, 5.41) is 11.0. The van der Waals surface area contributed by atoms with E-state index in [1.165, 1.54) is 4.90 Å². The van der Waals surface area contributed by atoms with Crippen molar-refractivity contribution in [1.29, 1.82) is 0 Å². The van der Waals surface area contributed by atoms with Crippen LogP contribution in [0.1, 0.15) is 44.9 Å². The van der Waals surface area contributed by atoms with E-state index in [0.29, 0.717) is 6.54 Å². The van der Waals surface area contributed by atoms with Crippen LogP contribution in [0.2, 0.25) is 0 Å². The number of rotatable bonds is 5. The van der Waals surface area contributed by atoms with Crippen molar-refractivity contribution in [2.45, 2.75) is 64.2 Å². The highest BCUT2D eigenvalue weighted by molar-refractivity contribution is 6.05. The maximum absolute atomic E-state index is 12.4. The number of carbonyl (C=O) groups is 2. The average Bonchev–Trinajstić information content (AvgIpc) is 3.17. The summed E-state index contributed by atoms with van der Waals surface area (Å²) in [7, 11) is 0. The van der Waals surface area contributed by atoms with Gasteiger partial charge in [-0.05, 0) is 19.8 Å². The van der Waals surface area contributed by atoms with Gasteiger partial charge in [-0.25, -0.2) is 0 Å². The number of nitrogens with one attached hydrogen (secondary N) is 1. The number of amides is 2. The van der Waals surface area contributed by atoms with Crippen LogP contribution < -0.4 is 5.32 Å². The van der Waals surface area contributed by atoms with Crippen molar-refractivity contribution in [3.8, 4) is 0 Å². The number of carbonyl (C=O) groups excluding carboxylic acids is 2. The minimum Gasteiger partial charge on any atom is -0.317 e. The summed E-state index contributed by atoms with van der Waals surface area (Å²) in [5.41, 5.74) is 0. The van der Waals surface area contributed by atoms with Crippen LogP contribution in [0.5, 0.6) is 0 Å². The Morgan fingerprint density at radius 1 is 1.33 bits per heavy atom. The number of likely N-dealkylation sites (tertiary alicyclic amines) is 1. The predicted octanol–water partition coefficient (Wildman–Crippen LogP) is 0.458. The van der Waals surface area contributed by atoms with E-state index in [2.05, 4.69) is 15.5 Å². The largest absolute Gasteiger partial charge is 0.317 e. The van der Waals surface area contributed by atoms with Crippen molar-refractivity contribution in [3.63, 3.8) is 0 Å². The quantitative estimate of drug-likeness (QED) is 0.797. The number of aryl methyl sites for hydroxylation is 1. The second-order valence-corrected chi connectivity index (χ2v) is 5.71. The molecular formula is C14H21N5O2. The minimum atomic E-state index is -0.417. The molecule has 1 aromatic heterocycles. The van der Waals surface area contributed by atoms with Gasteiger partial charge in [-0.3, -0.25) is 19.8 Å². The van der Waals surface area contributed by atoms with Gasteiger partial charge in [0.2, 0.25) is 11.8 Å². The van der Waals surface area contributed by atoms with E-state index in [-0.39, 0.29) is 24.3 Å². The summed E-state index contributed by atoms with van der Waals surface area (Å²) in [6.45, 7) is 3.25. The van der Waals surface area contributed by atoms with E-state index in [1.807, 2.05) is 11.5 Å². The van der Waals surface area contributed by atoms with E-state index >= 15 is 0 Å². The number of imide groups is 1. The Labute approximate surface area is 123 Å². The summed E-state index contributed by atoms with van der Waals surface area (Å²) in [6.07, 6.45) is 6.06. The van der Waals surface area contributed by atoms with E-state index in [0.717, 1.165) is 38.1 Å². The maximum Gasteiger partial charge on any atom is 0.247 e. The molecule has 0 bridgehead atoms. The van der Waals surface area contributed by atoms with Gasteiger partial charge in [-0.2, -0.15) is 0 Å². The lowest BCUT2D eigenvalue weighted by molar-refractivity contribution is -0.141. The van der Waals surface area contributed by atoms with Crippen molar-refractivity contribution >= 4 is 11.8 Å². The maximum atomic E-state index is 12.4. The van der Waals surface area contributed by atoms with Crippen LogP contribution in [-0.2, 0) is 22.7 Å². The Morgan fingerprint density at radius 3 is 2.81 bits per heavy atom. The lowest BCUT2D eigenvalue weighted by Gasteiger charge is -2.22. The number of hydrogen-bond acceptors (Lipinski definition) is 5. The molecule has 1 N–H and O–H groups in total. The van der Waals surface area contributed by atoms with E-state index in [4.69, 9.17) is 0 Å². The van der Waals surface area contributed by atoms with Crippen LogP contribution in [0.3, 0.4) is 0 Å². The van der Waals surface area contributed by atoms with Crippen LogP contribution >= 0.6 is 0 Å². The molecule has 7 nitrogen and oxygen atoms in total. The first-order valence-corrected chi connectivity index (χ1v) is 7.66. The molecule has 2 fully saturated rings. The molecule has 2 aliphatic rings. The molecule has 114 valence electrons. The highest BCUT2D eigenvalue weighted by atomic mass is 16.2. The topological polar surface area (TPSA) is 80.1 Å². The van der Waals surface area contributed by atoms with Gasteiger partial charge in [0.05, 0.1) is 19.0 Å². The molecule has 3 rings (SSSR count). The van der Waals surface area contributed by atoms with Gasteiger partial charge >= 0.3 is 0 Å². The lowest BCUT2D eigenvalue weighted by atomic mass is 10.2. The minimum absolute atomic E-state index is 0.0404. The zero-order valence-corrected chi connectivity index (χ0v) is 12.3. The van der Waals surface area contributed by atoms with Crippen molar-refractivity contribution in [3.05, 3.63) is 12.2 Å². The van der Waals surface area contributed by atoms with Crippen LogP contribution in [0.25, 0.3) is 0 Å². The van der Waals surface area contributed by atoms with Crippen molar-refractivity contribution in [2.75, 3.05) is 0 Å². The van der Waals surface area contributed by atoms with Gasteiger partial charge in [0.1, 0.15) is 12.2 Å². The van der Waals surface area contributed by atoms with Gasteiger partial charge in [-0.1, -0.05) is 12.8 Å². The predicted molar refractivity (Wildman–Crippen MR) is 75.0 cm³/mol. The molecule has 1 saturated carbocycles. The van der Waals surface area contributed by atoms with Gasteiger partial charge in [0.25, 0.3) is 0 Å². The van der Waals surface area contributed by atoms with Crippen molar-refractivity contribution < 1.29 is 9.59 Å². The second kappa shape index (κ2) is 5.93. The lowest BCUT2D eigenvalue weighted by Crippen LogP contribution is -2.43. The molecule has 1 aliphatic carbocycles. The molecule has 1 atom stereocenters. The van der Waals surface area contributed by atoms with Crippen LogP contribution in [-0.4, -0.2) is 43.6 Å². The zero-order chi connectivity index (χ0) is 14.8. The van der Waals surface area contributed by atoms with E-state index in [1.54, 1.807) is 6.33 Å². The number of aromatic nitrogens is 3. The molecule has 1 aliphatic heterocycles. The molecular weight excluding hydrogens is 270 g/mol. The Hall–Kier alpha value is -1.76. The summed E-state index contributed by atoms with van der Waals surface area (Å²) in [4.78, 5) is 26.0. The monoisotopic (exact) mass is 291 g/mol. The molecule has 2 heterocycles. The Kier molecular flexibility index (Phi) is 4.01. The molecule has 1 unspecified atom stereocenters. The highest BCUT2D eigenvalue weighted by Crippen LogP contribution is 2.28. The number of hydrogen-bond donors (Lipinski definition) is 1. The zero-order valence-electron chi connectivity index (χ0n) is 12.3. The third-order valence-corrected chi connectivity index (χ3v) is 4.42. The molecule has 0 radical (unpaired) electrons. The average molecular weight is 291 g/mol. The Morgan fingerprint density at radius 2 is 2.10 bits per heavy atom. The molecule has 21 heavy (non-hydrogen) atoms. The summed E-state index contributed by atoms with van der Waals surface area (Å²) < 4.78 is 1.92. The normalized spacial score (nSPS) is 23.5. The van der Waals surface area contributed by atoms with Crippen molar-refractivity contribution in [1.82, 2.24) is 25.0 Å². The Balaban J connectivity index is 1.62. The molecule has 0 spiro atoms. The first kappa shape index (κ1) is 14.2. The van der Waals surface area contributed by atoms with Gasteiger partial charge in [0.15, 0.2) is 0 Å².